The molecule has 0 unspecified atom stereocenters. The second kappa shape index (κ2) is 27.8. The number of para-hydroxylation sites is 2. The van der Waals surface area contributed by atoms with E-state index < -0.39 is 18.8 Å². The van der Waals surface area contributed by atoms with Crippen LogP contribution < -0.4 is 52.1 Å². The van der Waals surface area contributed by atoms with E-state index in [9.17, 15) is 0 Å². The predicted octanol–water partition coefficient (Wildman–Crippen LogP) is 25.5. The number of rotatable bonds is 12. The zero-order valence-corrected chi connectivity index (χ0v) is 66.2. The van der Waals surface area contributed by atoms with E-state index in [-0.39, 0.29) is 5.41 Å². The van der Waals surface area contributed by atoms with Gasteiger partial charge in [0, 0.05) is 62.1 Å². The number of benzene rings is 18. The smallest absolute Gasteiger partial charge is 0.260 e. The van der Waals surface area contributed by atoms with E-state index in [1.165, 1.54) is 44.4 Å². The normalized spacial score (nSPS) is 13.3. The molecule has 0 bridgehead atoms. The first-order valence-corrected chi connectivity index (χ1v) is 41.5. The Morgan fingerprint density at radius 2 is 0.639 bits per heavy atom. The SMILES string of the molecule is CC(C)(C)c1cc2c3c(c1)N(c1c(-c4ccccc4)cccc1-c1ccccc1)c1cc4c5c(c1B3c1ccc(-c3ccccc3)cc1N2c1c(-c2ccccc2)cccc1-c1ccccc1)Oc1cc(-c2ccccc2)ccc1B5c1cc(-c2ccccc2)cc(-c2cccc3c2-c2ccccc2C3(c2ccccc2)c2ccccc2)c1O4. The lowest BCUT2D eigenvalue weighted by Gasteiger charge is -2.48. The van der Waals surface area contributed by atoms with Crippen LogP contribution in [0.4, 0.5) is 34.1 Å². The Morgan fingerprint density at radius 3 is 1.14 bits per heavy atom. The summed E-state index contributed by atoms with van der Waals surface area (Å²) in [5.74, 6) is 3.13. The second-order valence-corrected chi connectivity index (χ2v) is 33.2. The van der Waals surface area contributed by atoms with Crippen molar-refractivity contribution in [3.8, 4) is 123 Å². The molecule has 18 aromatic carbocycles. The lowest BCUT2D eigenvalue weighted by Crippen LogP contribution is -2.65. The van der Waals surface area contributed by atoms with Crippen LogP contribution in [0, 0.1) is 0 Å². The van der Waals surface area contributed by atoms with Crippen LogP contribution in [0.25, 0.3) is 100 Å². The molecule has 0 spiro atoms. The van der Waals surface area contributed by atoms with Crippen LogP contribution in [0.1, 0.15) is 48.6 Å². The van der Waals surface area contributed by atoms with E-state index in [0.29, 0.717) is 0 Å². The van der Waals surface area contributed by atoms with Gasteiger partial charge in [-0.15, -0.1) is 0 Å². The lowest BCUT2D eigenvalue weighted by atomic mass is 9.30. The molecule has 0 atom stereocenters. The third-order valence-corrected chi connectivity index (χ3v) is 25.6. The summed E-state index contributed by atoms with van der Waals surface area (Å²) in [6.07, 6.45) is 0. The van der Waals surface area contributed by atoms with Gasteiger partial charge in [-0.25, -0.2) is 0 Å². The summed E-state index contributed by atoms with van der Waals surface area (Å²) in [5, 5.41) is 0. The molecule has 4 nitrogen and oxygen atoms in total. The number of nitrogens with zero attached hydrogens (tertiary/aromatic N) is 2. The highest BCUT2D eigenvalue weighted by Crippen LogP contribution is 2.61. The largest absolute Gasteiger partial charge is 0.459 e. The van der Waals surface area contributed by atoms with E-state index in [4.69, 9.17) is 9.47 Å². The van der Waals surface area contributed by atoms with Gasteiger partial charge in [-0.3, -0.25) is 0 Å². The van der Waals surface area contributed by atoms with E-state index in [2.05, 4.69) is 449 Å². The van der Waals surface area contributed by atoms with Crippen LogP contribution in [0.15, 0.2) is 419 Å². The first-order chi connectivity index (χ1) is 58.7. The highest BCUT2D eigenvalue weighted by Gasteiger charge is 2.53. The van der Waals surface area contributed by atoms with E-state index >= 15 is 0 Å². The van der Waals surface area contributed by atoms with Gasteiger partial charge in [0.15, 0.2) is 0 Å². The first-order valence-electron chi connectivity index (χ1n) is 41.5. The average Bonchev–Trinajstić information content (AvgIpc) is 0.861. The topological polar surface area (TPSA) is 24.9 Å². The van der Waals surface area contributed by atoms with Gasteiger partial charge >= 0.3 is 0 Å². The minimum atomic E-state index is -0.659. The molecular weight excluding hydrogens is 1440 g/mol. The Labute approximate surface area is 696 Å². The highest BCUT2D eigenvalue weighted by atomic mass is 16.5. The maximum atomic E-state index is 8.43. The number of ether oxygens (including phenoxy) is 2. The van der Waals surface area contributed by atoms with Gasteiger partial charge in [0.25, 0.3) is 13.4 Å². The Balaban J connectivity index is 0.879. The number of anilines is 6. The summed E-state index contributed by atoms with van der Waals surface area (Å²) >= 11 is 0. The van der Waals surface area contributed by atoms with Crippen molar-refractivity contribution in [2.75, 3.05) is 9.80 Å². The van der Waals surface area contributed by atoms with Crippen molar-refractivity contribution >= 4 is 80.3 Å². The lowest BCUT2D eigenvalue weighted by molar-refractivity contribution is 0.468. The number of hydrogen-bond acceptors (Lipinski definition) is 4. The van der Waals surface area contributed by atoms with Crippen LogP contribution in [-0.2, 0) is 10.8 Å². The van der Waals surface area contributed by atoms with E-state index in [0.717, 1.165) is 173 Å². The molecule has 6 heteroatoms. The minimum absolute atomic E-state index is 0.382. The van der Waals surface area contributed by atoms with Crippen molar-refractivity contribution in [1.29, 1.82) is 0 Å². The average molecular weight is 1520 g/mol. The molecule has 0 saturated carbocycles. The molecule has 5 aliphatic rings. The van der Waals surface area contributed by atoms with Crippen LogP contribution in [-0.4, -0.2) is 13.4 Å². The predicted molar refractivity (Wildman–Crippen MR) is 498 cm³/mol. The summed E-state index contributed by atoms with van der Waals surface area (Å²) < 4.78 is 16.8. The molecule has 558 valence electrons. The van der Waals surface area contributed by atoms with Crippen LogP contribution in [0.2, 0.25) is 0 Å². The standard InChI is InChI=1S/C113H78B2N2O2/c1-112(2,3)85-70-99-105-100(71-85)117(109-88(78-46-23-9-24-47-78)57-34-58-89(109)79-48-25-10-26-49-79)101-72-103-107-111(106(101)115(105)95-64-62-80(73-36-13-4-14-37-73)68-98(95)116(99)108-86(76-42-19-7-20-43-76)55-33-56-87(108)77-44-21-8-22-45-77)118-102-69-81(74-38-15-5-16-39-74)63-65-96(102)114(107)97-67-82(75-40-17-6-18-41-75)66-92(110(97)119-103)90-59-35-61-94-104(90)91-54-31-32-60-93(91)113(94,83-50-27-11-28-51-83)84-52-29-12-30-53-84/h4-72H,1-3H3. The highest BCUT2D eigenvalue weighted by molar-refractivity contribution is 7.03. The van der Waals surface area contributed by atoms with Gasteiger partial charge in [0.1, 0.15) is 23.0 Å². The summed E-state index contributed by atoms with van der Waals surface area (Å²) in [6.45, 7) is 6.27. The van der Waals surface area contributed by atoms with Crippen molar-refractivity contribution in [3.63, 3.8) is 0 Å². The Kier molecular flexibility index (Phi) is 16.3. The maximum Gasteiger partial charge on any atom is 0.260 e. The van der Waals surface area contributed by atoms with Gasteiger partial charge in [-0.2, -0.15) is 0 Å². The summed E-state index contributed by atoms with van der Waals surface area (Å²) in [5.41, 5.74) is 37.8. The van der Waals surface area contributed by atoms with Crippen molar-refractivity contribution < 1.29 is 9.47 Å². The van der Waals surface area contributed by atoms with Gasteiger partial charge in [-0.05, 0) is 163 Å². The molecule has 18 aromatic rings. The number of fused-ring (bicyclic) bond motifs is 12. The van der Waals surface area contributed by atoms with Crippen molar-refractivity contribution in [2.24, 2.45) is 0 Å². The molecule has 23 rings (SSSR count). The van der Waals surface area contributed by atoms with Crippen molar-refractivity contribution in [3.05, 3.63) is 446 Å². The van der Waals surface area contributed by atoms with Crippen LogP contribution >= 0.6 is 0 Å². The molecule has 0 aromatic heterocycles. The third-order valence-electron chi connectivity index (χ3n) is 25.6. The molecule has 0 saturated heterocycles. The summed E-state index contributed by atoms with van der Waals surface area (Å²) in [7, 11) is 0. The Morgan fingerprint density at radius 1 is 0.244 bits per heavy atom. The molecule has 119 heavy (non-hydrogen) atoms. The maximum absolute atomic E-state index is 8.43. The summed E-state index contributed by atoms with van der Waals surface area (Å²) in [6, 6.07) is 156. The molecular formula is C113H78B2N2O2. The molecule has 4 aliphatic heterocycles. The monoisotopic (exact) mass is 1520 g/mol. The van der Waals surface area contributed by atoms with Gasteiger partial charge < -0.3 is 19.3 Å². The van der Waals surface area contributed by atoms with Gasteiger partial charge in [0.2, 0.25) is 0 Å². The Bertz CT molecular complexity index is 6910. The van der Waals surface area contributed by atoms with Crippen molar-refractivity contribution in [2.45, 2.75) is 31.6 Å². The fraction of sp³-hybridized carbons (Fsp3) is 0.0442. The minimum Gasteiger partial charge on any atom is -0.459 e. The van der Waals surface area contributed by atoms with Gasteiger partial charge in [-0.1, -0.05) is 403 Å². The van der Waals surface area contributed by atoms with E-state index in [1.54, 1.807) is 0 Å². The van der Waals surface area contributed by atoms with Gasteiger partial charge in [0.05, 0.1) is 16.8 Å². The molecule has 0 N–H and O–H groups in total. The molecule has 4 heterocycles. The zero-order chi connectivity index (χ0) is 79.0. The fourth-order valence-electron chi connectivity index (χ4n) is 20.3. The molecule has 0 radical (unpaired) electrons. The second-order valence-electron chi connectivity index (χ2n) is 33.2. The summed E-state index contributed by atoms with van der Waals surface area (Å²) in [4.78, 5) is 5.33. The fourth-order valence-corrected chi connectivity index (χ4v) is 20.3. The third kappa shape index (κ3) is 11.0. The number of hydrogen-bond donors (Lipinski definition) is 0. The van der Waals surface area contributed by atoms with Crippen LogP contribution in [0.5, 0.6) is 23.0 Å². The zero-order valence-electron chi connectivity index (χ0n) is 66.2. The first kappa shape index (κ1) is 69.8. The molecule has 0 fully saturated rings. The van der Waals surface area contributed by atoms with Crippen LogP contribution in [0.3, 0.4) is 0 Å². The quantitative estimate of drug-likeness (QED) is 0.114. The Hall–Kier alpha value is -14.7. The molecule has 0 amide bonds. The molecule has 1 aliphatic carbocycles. The van der Waals surface area contributed by atoms with Crippen molar-refractivity contribution in [1.82, 2.24) is 0 Å². The van der Waals surface area contributed by atoms with E-state index in [1.807, 2.05) is 0 Å².